The summed E-state index contributed by atoms with van der Waals surface area (Å²) in [4.78, 5) is 10.0. The highest BCUT2D eigenvalue weighted by Gasteiger charge is 1.91. The zero-order valence-corrected chi connectivity index (χ0v) is 9.56. The summed E-state index contributed by atoms with van der Waals surface area (Å²) < 4.78 is 0. The number of hydrogen-bond donors (Lipinski definition) is 0. The van der Waals surface area contributed by atoms with Gasteiger partial charge in [0.25, 0.3) is 0 Å². The Morgan fingerprint density at radius 3 is 1.69 bits per heavy atom. The van der Waals surface area contributed by atoms with E-state index in [1.165, 1.54) is 44.9 Å². The molecule has 0 bridgehead atoms. The van der Waals surface area contributed by atoms with Crippen molar-refractivity contribution >= 4 is 16.5 Å². The Balaban J connectivity index is 2.79. The minimum absolute atomic E-state index is 0.753. The van der Waals surface area contributed by atoms with Crippen LogP contribution >= 0.6 is 0 Å². The molecule has 75 valence electrons. The monoisotopic (exact) mass is 197 g/mol. The van der Waals surface area contributed by atoms with Crippen LogP contribution in [0.1, 0.15) is 57.8 Å². The first kappa shape index (κ1) is 12.9. The Hall–Kier alpha value is -0.113. The van der Waals surface area contributed by atoms with E-state index in [9.17, 15) is 4.79 Å². The molecule has 0 atom stereocenters. The first-order valence-electron chi connectivity index (χ1n) is 5.50. The zero-order valence-electron chi connectivity index (χ0n) is 8.56. The van der Waals surface area contributed by atoms with Crippen LogP contribution in [0.25, 0.3) is 0 Å². The van der Waals surface area contributed by atoms with Crippen LogP contribution in [0, 0.1) is 0 Å². The molecule has 0 rings (SSSR count). The molecule has 0 heterocycles. The van der Waals surface area contributed by atoms with Crippen LogP contribution in [0.3, 0.4) is 0 Å². The number of rotatable bonds is 10. The summed E-state index contributed by atoms with van der Waals surface area (Å²) in [5.41, 5.74) is 0. The highest BCUT2D eigenvalue weighted by Crippen LogP contribution is 2.09. The molecule has 0 aromatic carbocycles. The van der Waals surface area contributed by atoms with Crippen molar-refractivity contribution in [2.45, 2.75) is 63.8 Å². The van der Waals surface area contributed by atoms with Gasteiger partial charge >= 0.3 is 0 Å². The first-order valence-corrected chi connectivity index (χ1v) is 6.20. The van der Waals surface area contributed by atoms with Gasteiger partial charge in [-0.1, -0.05) is 51.0 Å². The predicted octanol–water partition coefficient (Wildman–Crippen LogP) is 3.28. The molecule has 13 heavy (non-hydrogen) atoms. The van der Waals surface area contributed by atoms with Crippen molar-refractivity contribution in [3.63, 3.8) is 0 Å². The van der Waals surface area contributed by atoms with Crippen LogP contribution in [0.5, 0.6) is 0 Å². The lowest BCUT2D eigenvalue weighted by Gasteiger charge is -1.99. The van der Waals surface area contributed by atoms with Crippen LogP contribution in [0.4, 0.5) is 0 Å². The topological polar surface area (TPSA) is 17.1 Å². The average Bonchev–Trinajstić information content (AvgIpc) is 2.16. The van der Waals surface area contributed by atoms with Crippen molar-refractivity contribution in [3.05, 3.63) is 0 Å². The van der Waals surface area contributed by atoms with E-state index in [1.807, 2.05) is 0 Å². The normalized spacial score (nSPS) is 10.2. The molecule has 0 aromatic rings. The molecule has 0 aromatic heterocycles. The van der Waals surface area contributed by atoms with Gasteiger partial charge in [-0.2, -0.15) is 0 Å². The highest BCUT2D eigenvalue weighted by atomic mass is 28.1. The molecule has 0 saturated heterocycles. The van der Waals surface area contributed by atoms with Gasteiger partial charge in [0, 0.05) is 16.7 Å². The number of hydrogen-bond acceptors (Lipinski definition) is 1. The van der Waals surface area contributed by atoms with Crippen LogP contribution in [0.15, 0.2) is 0 Å². The summed E-state index contributed by atoms with van der Waals surface area (Å²) >= 11 is 0. The van der Waals surface area contributed by atoms with Gasteiger partial charge in [0.1, 0.15) is 6.29 Å². The maximum Gasteiger partial charge on any atom is 0.119 e. The van der Waals surface area contributed by atoms with Gasteiger partial charge in [0.15, 0.2) is 0 Å². The molecule has 0 aliphatic carbocycles. The smallest absolute Gasteiger partial charge is 0.119 e. The van der Waals surface area contributed by atoms with Crippen molar-refractivity contribution in [1.82, 2.24) is 0 Å². The molecule has 0 unspecified atom stereocenters. The van der Waals surface area contributed by atoms with Gasteiger partial charge < -0.3 is 4.79 Å². The van der Waals surface area contributed by atoms with E-state index in [0.717, 1.165) is 25.2 Å². The standard InChI is InChI=1S/C11H21OSi/c12-10-8-6-4-2-1-3-5-7-9-11-13/h10H,1-9,11H2. The molecule has 3 radical (unpaired) electrons. The van der Waals surface area contributed by atoms with E-state index in [4.69, 9.17) is 0 Å². The van der Waals surface area contributed by atoms with Gasteiger partial charge in [0.2, 0.25) is 0 Å². The summed E-state index contributed by atoms with van der Waals surface area (Å²) in [6.45, 7) is 0. The van der Waals surface area contributed by atoms with Crippen LogP contribution in [0.2, 0.25) is 6.04 Å². The molecule has 0 spiro atoms. The van der Waals surface area contributed by atoms with E-state index in [0.29, 0.717) is 0 Å². The Labute approximate surface area is 85.7 Å². The van der Waals surface area contributed by atoms with E-state index in [1.54, 1.807) is 0 Å². The van der Waals surface area contributed by atoms with Gasteiger partial charge in [-0.15, -0.1) is 0 Å². The average molecular weight is 197 g/mol. The zero-order chi connectivity index (χ0) is 9.78. The van der Waals surface area contributed by atoms with Gasteiger partial charge in [-0.05, 0) is 6.42 Å². The van der Waals surface area contributed by atoms with Crippen LogP contribution in [-0.2, 0) is 4.79 Å². The molecular formula is C11H21OSi. The quantitative estimate of drug-likeness (QED) is 0.298. The lowest BCUT2D eigenvalue weighted by Crippen LogP contribution is -1.82. The van der Waals surface area contributed by atoms with E-state index in [-0.39, 0.29) is 0 Å². The van der Waals surface area contributed by atoms with Crippen molar-refractivity contribution in [3.8, 4) is 0 Å². The summed E-state index contributed by atoms with van der Waals surface area (Å²) in [6, 6.07) is 1.14. The third-order valence-electron chi connectivity index (χ3n) is 2.25. The molecule has 0 saturated carbocycles. The fourth-order valence-electron chi connectivity index (χ4n) is 1.41. The molecule has 0 N–H and O–H groups in total. The van der Waals surface area contributed by atoms with E-state index < -0.39 is 0 Å². The fraction of sp³-hybridized carbons (Fsp3) is 0.909. The maximum atomic E-state index is 10.0. The minimum atomic E-state index is 0.753. The molecule has 0 aliphatic rings. The minimum Gasteiger partial charge on any atom is -0.303 e. The van der Waals surface area contributed by atoms with Gasteiger partial charge in [-0.25, -0.2) is 0 Å². The van der Waals surface area contributed by atoms with Crippen LogP contribution < -0.4 is 0 Å². The molecule has 0 aliphatic heterocycles. The Morgan fingerprint density at radius 2 is 1.23 bits per heavy atom. The van der Waals surface area contributed by atoms with Crippen molar-refractivity contribution in [2.24, 2.45) is 0 Å². The molecule has 2 heteroatoms. The third kappa shape index (κ3) is 11.9. The SMILES string of the molecule is O=CCCCCCCCCCC[Si]. The second-order valence-electron chi connectivity index (χ2n) is 3.53. The Morgan fingerprint density at radius 1 is 0.769 bits per heavy atom. The van der Waals surface area contributed by atoms with E-state index >= 15 is 0 Å². The summed E-state index contributed by atoms with van der Waals surface area (Å²) in [7, 11) is 3.47. The Bertz CT molecular complexity index is 104. The van der Waals surface area contributed by atoms with Crippen molar-refractivity contribution in [1.29, 1.82) is 0 Å². The summed E-state index contributed by atoms with van der Waals surface area (Å²) in [5.74, 6) is 0. The largest absolute Gasteiger partial charge is 0.303 e. The lowest BCUT2D eigenvalue weighted by atomic mass is 10.1. The maximum absolute atomic E-state index is 10.0. The molecule has 0 fully saturated rings. The lowest BCUT2D eigenvalue weighted by molar-refractivity contribution is -0.107. The number of aldehydes is 1. The highest BCUT2D eigenvalue weighted by molar-refractivity contribution is 6.08. The third-order valence-corrected chi connectivity index (χ3v) is 2.60. The molecular weight excluding hydrogens is 176 g/mol. The Kier molecular flexibility index (Phi) is 11.8. The molecule has 1 nitrogen and oxygen atoms in total. The second-order valence-corrected chi connectivity index (χ2v) is 4.03. The van der Waals surface area contributed by atoms with Crippen LogP contribution in [-0.4, -0.2) is 16.5 Å². The van der Waals surface area contributed by atoms with Gasteiger partial charge in [0.05, 0.1) is 0 Å². The number of unbranched alkanes of at least 4 members (excludes halogenated alkanes) is 8. The van der Waals surface area contributed by atoms with E-state index in [2.05, 4.69) is 10.2 Å². The first-order chi connectivity index (χ1) is 6.41. The summed E-state index contributed by atoms with van der Waals surface area (Å²) in [5, 5.41) is 0. The van der Waals surface area contributed by atoms with Crippen molar-refractivity contribution < 1.29 is 4.79 Å². The van der Waals surface area contributed by atoms with Crippen molar-refractivity contribution in [2.75, 3.05) is 0 Å². The predicted molar refractivity (Wildman–Crippen MR) is 58.2 cm³/mol. The molecule has 0 amide bonds. The number of carbonyl (C=O) groups is 1. The number of carbonyl (C=O) groups excluding carboxylic acids is 1. The van der Waals surface area contributed by atoms with Gasteiger partial charge in [-0.3, -0.25) is 0 Å². The second kappa shape index (κ2) is 11.9. The fourth-order valence-corrected chi connectivity index (χ4v) is 1.66. The summed E-state index contributed by atoms with van der Waals surface area (Å²) in [6.07, 6.45) is 12.2.